The standard InChI is InChI=1S/C19H28N2O/c1-3-10-16-11-8-9-14-18(16)20-19(22)21(15-4-2)17-12-6-5-7-13-17/h4,8-9,11,14,17H,2-3,5-7,10,12-13,15H2,1H3,(H,20,22). The van der Waals surface area contributed by atoms with Crippen LogP contribution in [-0.2, 0) is 6.42 Å². The molecule has 120 valence electrons. The van der Waals surface area contributed by atoms with Crippen molar-refractivity contribution in [2.75, 3.05) is 11.9 Å². The number of carbonyl (C=O) groups is 1. The van der Waals surface area contributed by atoms with E-state index in [2.05, 4.69) is 24.9 Å². The van der Waals surface area contributed by atoms with E-state index in [4.69, 9.17) is 0 Å². The van der Waals surface area contributed by atoms with E-state index in [1.807, 2.05) is 29.2 Å². The van der Waals surface area contributed by atoms with Crippen molar-refractivity contribution < 1.29 is 4.79 Å². The summed E-state index contributed by atoms with van der Waals surface area (Å²) in [6.45, 7) is 6.58. The van der Waals surface area contributed by atoms with Crippen LogP contribution in [0.4, 0.5) is 10.5 Å². The Morgan fingerprint density at radius 2 is 2.05 bits per heavy atom. The van der Waals surface area contributed by atoms with Crippen molar-refractivity contribution in [1.82, 2.24) is 4.90 Å². The third-order valence-corrected chi connectivity index (χ3v) is 4.38. The SMILES string of the molecule is C=CCN(C(=O)Nc1ccccc1CCC)C1CCCCC1. The maximum atomic E-state index is 12.7. The maximum Gasteiger partial charge on any atom is 0.322 e. The van der Waals surface area contributed by atoms with E-state index in [0.717, 1.165) is 31.4 Å². The van der Waals surface area contributed by atoms with E-state index in [1.54, 1.807) is 0 Å². The van der Waals surface area contributed by atoms with Crippen LogP contribution in [-0.4, -0.2) is 23.5 Å². The number of nitrogens with one attached hydrogen (secondary N) is 1. The molecule has 0 heterocycles. The molecule has 0 spiro atoms. The Hall–Kier alpha value is -1.77. The number of nitrogens with zero attached hydrogens (tertiary/aromatic N) is 1. The summed E-state index contributed by atoms with van der Waals surface area (Å²) in [6.07, 6.45) is 9.84. The van der Waals surface area contributed by atoms with Gasteiger partial charge in [-0.2, -0.15) is 0 Å². The molecule has 1 aliphatic carbocycles. The van der Waals surface area contributed by atoms with E-state index in [0.29, 0.717) is 12.6 Å². The molecule has 2 amide bonds. The highest BCUT2D eigenvalue weighted by Crippen LogP contribution is 2.24. The zero-order valence-electron chi connectivity index (χ0n) is 13.7. The Morgan fingerprint density at radius 1 is 1.32 bits per heavy atom. The van der Waals surface area contributed by atoms with Gasteiger partial charge in [0.25, 0.3) is 0 Å². The first kappa shape index (κ1) is 16.6. The molecule has 2 rings (SSSR count). The fraction of sp³-hybridized carbons (Fsp3) is 0.526. The minimum Gasteiger partial charge on any atom is -0.318 e. The predicted molar refractivity (Wildman–Crippen MR) is 93.2 cm³/mol. The van der Waals surface area contributed by atoms with Crippen molar-refractivity contribution in [3.8, 4) is 0 Å². The fourth-order valence-electron chi connectivity index (χ4n) is 3.25. The largest absolute Gasteiger partial charge is 0.322 e. The van der Waals surface area contributed by atoms with Crippen LogP contribution < -0.4 is 5.32 Å². The molecule has 1 fully saturated rings. The van der Waals surface area contributed by atoms with Gasteiger partial charge in [0, 0.05) is 18.3 Å². The number of carbonyl (C=O) groups excluding carboxylic acids is 1. The molecule has 1 aromatic rings. The predicted octanol–water partition coefficient (Wildman–Crippen LogP) is 4.99. The summed E-state index contributed by atoms with van der Waals surface area (Å²) in [4.78, 5) is 14.7. The number of benzene rings is 1. The van der Waals surface area contributed by atoms with Gasteiger partial charge in [0.15, 0.2) is 0 Å². The van der Waals surface area contributed by atoms with Crippen molar-refractivity contribution in [1.29, 1.82) is 0 Å². The van der Waals surface area contributed by atoms with Gasteiger partial charge in [0.05, 0.1) is 0 Å². The summed E-state index contributed by atoms with van der Waals surface area (Å²) in [7, 11) is 0. The van der Waals surface area contributed by atoms with Crippen LogP contribution >= 0.6 is 0 Å². The number of hydrogen-bond acceptors (Lipinski definition) is 1. The van der Waals surface area contributed by atoms with Gasteiger partial charge in [0.1, 0.15) is 0 Å². The molecule has 1 aliphatic rings. The summed E-state index contributed by atoms with van der Waals surface area (Å²) in [5.41, 5.74) is 2.15. The quantitative estimate of drug-likeness (QED) is 0.737. The second-order valence-electron chi connectivity index (χ2n) is 6.07. The van der Waals surface area contributed by atoms with Crippen molar-refractivity contribution in [2.45, 2.75) is 57.9 Å². The molecule has 0 unspecified atom stereocenters. The molecule has 0 radical (unpaired) electrons. The first-order valence-corrected chi connectivity index (χ1v) is 8.52. The number of aryl methyl sites for hydroxylation is 1. The lowest BCUT2D eigenvalue weighted by Gasteiger charge is -2.33. The first-order valence-electron chi connectivity index (χ1n) is 8.52. The summed E-state index contributed by atoms with van der Waals surface area (Å²) in [6, 6.07) is 8.46. The van der Waals surface area contributed by atoms with E-state index in [9.17, 15) is 4.79 Å². The smallest absolute Gasteiger partial charge is 0.318 e. The number of hydrogen-bond donors (Lipinski definition) is 1. The van der Waals surface area contributed by atoms with E-state index >= 15 is 0 Å². The Balaban J connectivity index is 2.08. The zero-order chi connectivity index (χ0) is 15.8. The topological polar surface area (TPSA) is 32.3 Å². The summed E-state index contributed by atoms with van der Waals surface area (Å²) >= 11 is 0. The van der Waals surface area contributed by atoms with E-state index in [-0.39, 0.29) is 6.03 Å². The summed E-state index contributed by atoms with van der Waals surface area (Å²) in [5, 5.41) is 3.12. The second-order valence-corrected chi connectivity index (χ2v) is 6.07. The zero-order valence-corrected chi connectivity index (χ0v) is 13.7. The van der Waals surface area contributed by atoms with Crippen molar-refractivity contribution in [3.63, 3.8) is 0 Å². The van der Waals surface area contributed by atoms with Crippen molar-refractivity contribution in [2.24, 2.45) is 0 Å². The monoisotopic (exact) mass is 300 g/mol. The fourth-order valence-corrected chi connectivity index (χ4v) is 3.25. The molecule has 0 saturated heterocycles. The molecular formula is C19H28N2O. The van der Waals surface area contributed by atoms with Crippen LogP contribution in [0.15, 0.2) is 36.9 Å². The molecule has 0 atom stereocenters. The molecule has 0 aromatic heterocycles. The number of urea groups is 1. The van der Waals surface area contributed by atoms with Crippen LogP contribution in [0.25, 0.3) is 0 Å². The van der Waals surface area contributed by atoms with E-state index < -0.39 is 0 Å². The Labute approximate surface area is 134 Å². The normalized spacial score (nSPS) is 15.3. The Bertz CT molecular complexity index is 492. The first-order chi connectivity index (χ1) is 10.8. The van der Waals surface area contributed by atoms with Gasteiger partial charge in [-0.25, -0.2) is 4.79 Å². The van der Waals surface area contributed by atoms with Gasteiger partial charge in [-0.05, 0) is 30.9 Å². The van der Waals surface area contributed by atoms with Crippen LogP contribution in [0, 0.1) is 0 Å². The molecule has 22 heavy (non-hydrogen) atoms. The number of amides is 2. The van der Waals surface area contributed by atoms with Gasteiger partial charge in [-0.15, -0.1) is 6.58 Å². The van der Waals surface area contributed by atoms with Crippen LogP contribution in [0.3, 0.4) is 0 Å². The van der Waals surface area contributed by atoms with Crippen molar-refractivity contribution in [3.05, 3.63) is 42.5 Å². The molecule has 1 aromatic carbocycles. The maximum absolute atomic E-state index is 12.7. The number of anilines is 1. The third kappa shape index (κ3) is 4.36. The molecular weight excluding hydrogens is 272 g/mol. The number of para-hydroxylation sites is 1. The van der Waals surface area contributed by atoms with Crippen LogP contribution in [0.5, 0.6) is 0 Å². The van der Waals surface area contributed by atoms with Crippen molar-refractivity contribution >= 4 is 11.7 Å². The van der Waals surface area contributed by atoms with Gasteiger partial charge >= 0.3 is 6.03 Å². The highest BCUT2D eigenvalue weighted by atomic mass is 16.2. The van der Waals surface area contributed by atoms with Crippen LogP contribution in [0.2, 0.25) is 0 Å². The lowest BCUT2D eigenvalue weighted by atomic mass is 9.94. The minimum atomic E-state index is 0.00959. The lowest BCUT2D eigenvalue weighted by molar-refractivity contribution is 0.176. The average molecular weight is 300 g/mol. The molecule has 0 bridgehead atoms. The highest BCUT2D eigenvalue weighted by Gasteiger charge is 2.24. The Morgan fingerprint density at radius 3 is 2.73 bits per heavy atom. The van der Waals surface area contributed by atoms with E-state index in [1.165, 1.54) is 24.8 Å². The van der Waals surface area contributed by atoms with Gasteiger partial charge in [-0.3, -0.25) is 0 Å². The molecule has 3 heteroatoms. The van der Waals surface area contributed by atoms with Crippen LogP contribution in [0.1, 0.15) is 51.0 Å². The summed E-state index contributed by atoms with van der Waals surface area (Å²) < 4.78 is 0. The molecule has 0 aliphatic heterocycles. The molecule has 1 saturated carbocycles. The lowest BCUT2D eigenvalue weighted by Crippen LogP contribution is -2.44. The average Bonchev–Trinajstić information content (AvgIpc) is 2.55. The van der Waals surface area contributed by atoms with Gasteiger partial charge < -0.3 is 10.2 Å². The summed E-state index contributed by atoms with van der Waals surface area (Å²) in [5.74, 6) is 0. The minimum absolute atomic E-state index is 0.00959. The number of rotatable bonds is 6. The highest BCUT2D eigenvalue weighted by molar-refractivity contribution is 5.90. The van der Waals surface area contributed by atoms with Gasteiger partial charge in [-0.1, -0.05) is 56.9 Å². The molecule has 3 nitrogen and oxygen atoms in total. The van der Waals surface area contributed by atoms with Gasteiger partial charge in [0.2, 0.25) is 0 Å². The molecule has 1 N–H and O–H groups in total. The Kier molecular flexibility index (Phi) is 6.50. The third-order valence-electron chi connectivity index (χ3n) is 4.38. The second kappa shape index (κ2) is 8.62.